The third-order valence-corrected chi connectivity index (χ3v) is 3.72. The third kappa shape index (κ3) is 2.17. The lowest BCUT2D eigenvalue weighted by molar-refractivity contribution is 0.382. The van der Waals surface area contributed by atoms with Crippen molar-refractivity contribution in [2.75, 3.05) is 0 Å². The van der Waals surface area contributed by atoms with Crippen molar-refractivity contribution in [1.82, 2.24) is 0 Å². The van der Waals surface area contributed by atoms with E-state index < -0.39 is 10.0 Å². The molecule has 11 heavy (non-hydrogen) atoms. The molecule has 0 saturated heterocycles. The summed E-state index contributed by atoms with van der Waals surface area (Å²) in [6.07, 6.45) is 2.41. The van der Waals surface area contributed by atoms with Crippen LogP contribution in [0.1, 0.15) is 33.1 Å². The molecule has 2 N–H and O–H groups in total. The minimum absolute atomic E-state index is 0.164. The van der Waals surface area contributed by atoms with Crippen molar-refractivity contribution in [1.29, 1.82) is 0 Å². The summed E-state index contributed by atoms with van der Waals surface area (Å²) in [6.45, 7) is 4.16. The van der Waals surface area contributed by atoms with Crippen LogP contribution in [0.25, 0.3) is 0 Å². The van der Waals surface area contributed by atoms with Crippen LogP contribution in [0, 0.1) is 5.41 Å². The smallest absolute Gasteiger partial charge is 0.211 e. The molecule has 1 fully saturated rings. The first kappa shape index (κ1) is 9.00. The van der Waals surface area contributed by atoms with Crippen LogP contribution >= 0.6 is 0 Å². The highest BCUT2D eigenvalue weighted by Crippen LogP contribution is 2.39. The molecule has 1 unspecified atom stereocenters. The first-order chi connectivity index (χ1) is 4.81. The molecule has 0 aromatic carbocycles. The van der Waals surface area contributed by atoms with Crippen molar-refractivity contribution < 1.29 is 8.42 Å². The molecule has 66 valence electrons. The molecule has 1 atom stereocenters. The Balaban J connectivity index is 2.71. The van der Waals surface area contributed by atoms with E-state index >= 15 is 0 Å². The second-order valence-corrected chi connectivity index (χ2v) is 5.96. The molecule has 0 heterocycles. The van der Waals surface area contributed by atoms with Gasteiger partial charge in [0, 0.05) is 0 Å². The van der Waals surface area contributed by atoms with Gasteiger partial charge in [0.15, 0.2) is 0 Å². The molecule has 0 spiro atoms. The average Bonchev–Trinajstić information content (AvgIpc) is 2.07. The van der Waals surface area contributed by atoms with E-state index in [-0.39, 0.29) is 10.7 Å². The molecule has 0 amide bonds. The molecule has 0 aromatic rings. The van der Waals surface area contributed by atoms with E-state index in [2.05, 4.69) is 13.8 Å². The fourth-order valence-corrected chi connectivity index (χ4v) is 2.78. The molecule has 1 saturated carbocycles. The van der Waals surface area contributed by atoms with E-state index in [0.717, 1.165) is 12.8 Å². The summed E-state index contributed by atoms with van der Waals surface area (Å²) in [7, 11) is -3.27. The Morgan fingerprint density at radius 2 is 2.00 bits per heavy atom. The van der Waals surface area contributed by atoms with Gasteiger partial charge in [-0.05, 0) is 24.7 Å². The lowest BCUT2D eigenvalue weighted by Crippen LogP contribution is -2.26. The monoisotopic (exact) mass is 177 g/mol. The second kappa shape index (κ2) is 2.45. The number of rotatable bonds is 1. The lowest BCUT2D eigenvalue weighted by Gasteiger charge is -2.15. The molecule has 1 aliphatic carbocycles. The van der Waals surface area contributed by atoms with Gasteiger partial charge in [-0.15, -0.1) is 0 Å². The van der Waals surface area contributed by atoms with Crippen LogP contribution < -0.4 is 5.14 Å². The van der Waals surface area contributed by atoms with Crippen LogP contribution in [0.4, 0.5) is 0 Å². The molecule has 1 rings (SSSR count). The zero-order valence-corrected chi connectivity index (χ0v) is 7.82. The Morgan fingerprint density at radius 3 is 2.18 bits per heavy atom. The summed E-state index contributed by atoms with van der Waals surface area (Å²) in [5.74, 6) is 0. The van der Waals surface area contributed by atoms with Gasteiger partial charge in [-0.1, -0.05) is 13.8 Å². The highest BCUT2D eigenvalue weighted by Gasteiger charge is 2.36. The van der Waals surface area contributed by atoms with Crippen LogP contribution in [-0.4, -0.2) is 13.7 Å². The predicted molar refractivity (Wildman–Crippen MR) is 44.5 cm³/mol. The van der Waals surface area contributed by atoms with Gasteiger partial charge in [0.25, 0.3) is 0 Å². The summed E-state index contributed by atoms with van der Waals surface area (Å²) in [5.41, 5.74) is 0.164. The molecular weight excluding hydrogens is 162 g/mol. The van der Waals surface area contributed by atoms with Gasteiger partial charge < -0.3 is 0 Å². The number of primary sulfonamides is 1. The van der Waals surface area contributed by atoms with Crippen LogP contribution in [0.15, 0.2) is 0 Å². The van der Waals surface area contributed by atoms with Crippen LogP contribution in [-0.2, 0) is 10.0 Å². The standard InChI is InChI=1S/C7H15NO2S/c1-7(2)4-3-6(5-7)11(8,9)10/h6H,3-5H2,1-2H3,(H2,8,9,10). The maximum atomic E-state index is 10.9. The first-order valence-corrected chi connectivity index (χ1v) is 5.44. The van der Waals surface area contributed by atoms with Gasteiger partial charge in [0.1, 0.15) is 0 Å². The van der Waals surface area contributed by atoms with E-state index in [1.165, 1.54) is 0 Å². The maximum Gasteiger partial charge on any atom is 0.211 e. The topological polar surface area (TPSA) is 60.2 Å². The quantitative estimate of drug-likeness (QED) is 0.645. The van der Waals surface area contributed by atoms with Crippen molar-refractivity contribution in [3.05, 3.63) is 0 Å². The van der Waals surface area contributed by atoms with E-state index in [9.17, 15) is 8.42 Å². The van der Waals surface area contributed by atoms with Crippen LogP contribution in [0.5, 0.6) is 0 Å². The normalized spacial score (nSPS) is 30.6. The number of hydrogen-bond acceptors (Lipinski definition) is 2. The predicted octanol–water partition coefficient (Wildman–Crippen LogP) is 0.854. The van der Waals surface area contributed by atoms with E-state index in [1.54, 1.807) is 0 Å². The van der Waals surface area contributed by atoms with Gasteiger partial charge in [-0.2, -0.15) is 0 Å². The van der Waals surface area contributed by atoms with Crippen molar-refractivity contribution in [3.8, 4) is 0 Å². The SMILES string of the molecule is CC1(C)CCC(S(N)(=O)=O)C1. The van der Waals surface area contributed by atoms with E-state index in [4.69, 9.17) is 5.14 Å². The zero-order valence-electron chi connectivity index (χ0n) is 7.00. The molecule has 0 bridgehead atoms. The number of nitrogens with two attached hydrogens (primary N) is 1. The van der Waals surface area contributed by atoms with E-state index in [0.29, 0.717) is 6.42 Å². The van der Waals surface area contributed by atoms with Crippen LogP contribution in [0.2, 0.25) is 0 Å². The van der Waals surface area contributed by atoms with Gasteiger partial charge in [-0.25, -0.2) is 13.6 Å². The molecular formula is C7H15NO2S. The number of hydrogen-bond donors (Lipinski definition) is 1. The first-order valence-electron chi connectivity index (χ1n) is 3.83. The molecule has 3 nitrogen and oxygen atoms in total. The minimum Gasteiger partial charge on any atom is -0.228 e. The Bertz CT molecular complexity index is 243. The summed E-state index contributed by atoms with van der Waals surface area (Å²) in [6, 6.07) is 0. The Labute approximate surface area is 68.0 Å². The summed E-state index contributed by atoms with van der Waals surface area (Å²) in [5, 5.41) is 4.74. The Morgan fingerprint density at radius 1 is 1.45 bits per heavy atom. The molecule has 4 heteroatoms. The minimum atomic E-state index is -3.27. The molecule has 0 radical (unpaired) electrons. The van der Waals surface area contributed by atoms with Gasteiger partial charge in [0.2, 0.25) is 10.0 Å². The van der Waals surface area contributed by atoms with Gasteiger partial charge in [0.05, 0.1) is 5.25 Å². The van der Waals surface area contributed by atoms with Crippen molar-refractivity contribution in [3.63, 3.8) is 0 Å². The maximum absolute atomic E-state index is 10.9. The van der Waals surface area contributed by atoms with E-state index in [1.807, 2.05) is 0 Å². The fourth-order valence-electron chi connectivity index (χ4n) is 1.65. The summed E-state index contributed by atoms with van der Waals surface area (Å²) < 4.78 is 21.8. The molecule has 0 aliphatic heterocycles. The highest BCUT2D eigenvalue weighted by atomic mass is 32.2. The van der Waals surface area contributed by atoms with Crippen LogP contribution in [0.3, 0.4) is 0 Å². The molecule has 1 aliphatic rings. The third-order valence-electron chi connectivity index (χ3n) is 2.39. The molecule has 0 aromatic heterocycles. The fraction of sp³-hybridized carbons (Fsp3) is 1.00. The summed E-state index contributed by atoms with van der Waals surface area (Å²) >= 11 is 0. The zero-order chi connectivity index (χ0) is 8.70. The summed E-state index contributed by atoms with van der Waals surface area (Å²) in [4.78, 5) is 0. The van der Waals surface area contributed by atoms with Crippen molar-refractivity contribution >= 4 is 10.0 Å². The number of sulfonamides is 1. The van der Waals surface area contributed by atoms with Crippen molar-refractivity contribution in [2.45, 2.75) is 38.4 Å². The lowest BCUT2D eigenvalue weighted by atomic mass is 9.92. The largest absolute Gasteiger partial charge is 0.228 e. The second-order valence-electron chi connectivity index (χ2n) is 4.12. The highest BCUT2D eigenvalue weighted by molar-refractivity contribution is 7.89. The van der Waals surface area contributed by atoms with Gasteiger partial charge in [-0.3, -0.25) is 0 Å². The Kier molecular flexibility index (Phi) is 2.01. The average molecular weight is 177 g/mol. The van der Waals surface area contributed by atoms with Crippen molar-refractivity contribution in [2.24, 2.45) is 10.6 Å². The Hall–Kier alpha value is -0.0900. The van der Waals surface area contributed by atoms with Gasteiger partial charge >= 0.3 is 0 Å².